The summed E-state index contributed by atoms with van der Waals surface area (Å²) in [6.07, 6.45) is 0.942. The predicted octanol–water partition coefficient (Wildman–Crippen LogP) is 4.45. The summed E-state index contributed by atoms with van der Waals surface area (Å²) in [5, 5.41) is 5.98. The van der Waals surface area contributed by atoms with Crippen molar-refractivity contribution in [3.63, 3.8) is 0 Å². The Morgan fingerprint density at radius 2 is 1.84 bits per heavy atom. The molecule has 25 heavy (non-hydrogen) atoms. The zero-order chi connectivity index (χ0) is 17.9. The zero-order valence-electron chi connectivity index (χ0n) is 12.7. The first-order chi connectivity index (χ1) is 11.9. The molecule has 1 aromatic heterocycles. The van der Waals surface area contributed by atoms with Crippen molar-refractivity contribution in [2.45, 2.75) is 0 Å². The fourth-order valence-electron chi connectivity index (χ4n) is 2.18. The first kappa shape index (κ1) is 17.2. The molecule has 0 saturated carbocycles. The van der Waals surface area contributed by atoms with Gasteiger partial charge in [0.2, 0.25) is 5.13 Å². The summed E-state index contributed by atoms with van der Waals surface area (Å²) in [6.45, 7) is -5.25. The number of nitrogens with one attached hydrogen (secondary N) is 1. The highest BCUT2D eigenvalue weighted by Crippen LogP contribution is 2.24. The van der Waals surface area contributed by atoms with Gasteiger partial charge in [-0.05, 0) is 17.7 Å². The Morgan fingerprint density at radius 3 is 2.56 bits per heavy atom. The van der Waals surface area contributed by atoms with Gasteiger partial charge < -0.3 is 12.9 Å². The highest BCUT2D eigenvalue weighted by atomic mass is 32.1. The molecule has 128 valence electrons. The van der Waals surface area contributed by atoms with Crippen molar-refractivity contribution in [3.05, 3.63) is 65.3 Å². The van der Waals surface area contributed by atoms with Crippen LogP contribution in [0, 0.1) is 5.82 Å². The Hall–Kier alpha value is -2.68. The van der Waals surface area contributed by atoms with Gasteiger partial charge in [0.15, 0.2) is 0 Å². The van der Waals surface area contributed by atoms with Crippen LogP contribution in [0.2, 0.25) is 0 Å². The molecule has 0 bridgehead atoms. The maximum Gasteiger partial charge on any atom is 0.510 e. The molecule has 0 amide bonds. The largest absolute Gasteiger partial charge is 0.510 e. The second-order valence-corrected chi connectivity index (χ2v) is 5.98. The van der Waals surface area contributed by atoms with Crippen LogP contribution in [0.15, 0.2) is 59.0 Å². The van der Waals surface area contributed by atoms with Crippen LogP contribution in [0.3, 0.4) is 0 Å². The van der Waals surface area contributed by atoms with E-state index in [-0.39, 0.29) is 5.56 Å². The lowest BCUT2D eigenvalue weighted by molar-refractivity contribution is 0.500. The van der Waals surface area contributed by atoms with Crippen LogP contribution in [0.25, 0.3) is 11.3 Å². The Balaban J connectivity index is 1.76. The average Bonchev–Trinajstić information content (AvgIpc) is 3.03. The van der Waals surface area contributed by atoms with Crippen LogP contribution in [-0.2, 0) is 0 Å². The number of anilines is 1. The standard InChI is InChI=1S/C16H11BF4N3S/c18-13-6-7-14(17(19,20)21)12(8-13)9-22-24-16-23-15(10-25-16)11-4-2-1-3-5-11/h1-10H,(H,23,24)/q-1. The van der Waals surface area contributed by atoms with E-state index in [1.54, 1.807) is 5.38 Å². The van der Waals surface area contributed by atoms with Gasteiger partial charge in [0.25, 0.3) is 0 Å². The van der Waals surface area contributed by atoms with Crippen LogP contribution in [0.5, 0.6) is 0 Å². The fraction of sp³-hybridized carbons (Fsp3) is 0. The summed E-state index contributed by atoms with van der Waals surface area (Å²) in [7, 11) is 0. The SMILES string of the molecule is Fc1ccc([B-](F)(F)F)c(C=NNc2nc(-c3ccccc3)cs2)c1. The van der Waals surface area contributed by atoms with Gasteiger partial charge >= 0.3 is 6.98 Å². The van der Waals surface area contributed by atoms with E-state index in [4.69, 9.17) is 0 Å². The number of rotatable bonds is 5. The number of hydrogen-bond donors (Lipinski definition) is 1. The van der Waals surface area contributed by atoms with Gasteiger partial charge in [0.1, 0.15) is 5.82 Å². The van der Waals surface area contributed by atoms with E-state index in [1.807, 2.05) is 30.3 Å². The number of aromatic nitrogens is 1. The molecule has 0 aliphatic heterocycles. The number of halogens is 4. The summed E-state index contributed by atoms with van der Waals surface area (Å²) in [6, 6.07) is 11.7. The van der Waals surface area contributed by atoms with E-state index >= 15 is 0 Å². The lowest BCUT2D eigenvalue weighted by Gasteiger charge is -2.17. The molecule has 0 radical (unpaired) electrons. The molecule has 2 aromatic carbocycles. The van der Waals surface area contributed by atoms with Crippen molar-refractivity contribution in [1.82, 2.24) is 4.98 Å². The van der Waals surface area contributed by atoms with Crippen molar-refractivity contribution < 1.29 is 17.3 Å². The number of thiazole rings is 1. The number of benzene rings is 2. The molecule has 0 spiro atoms. The van der Waals surface area contributed by atoms with Crippen LogP contribution >= 0.6 is 11.3 Å². The van der Waals surface area contributed by atoms with Crippen LogP contribution in [-0.4, -0.2) is 18.2 Å². The first-order valence-electron chi connectivity index (χ1n) is 7.23. The Morgan fingerprint density at radius 1 is 1.08 bits per heavy atom. The normalized spacial score (nSPS) is 11.8. The molecular weight excluding hydrogens is 353 g/mol. The number of nitrogens with zero attached hydrogens (tertiary/aromatic N) is 2. The lowest BCUT2D eigenvalue weighted by Crippen LogP contribution is -2.37. The van der Waals surface area contributed by atoms with Crippen LogP contribution in [0.4, 0.5) is 22.5 Å². The molecule has 3 rings (SSSR count). The zero-order valence-corrected chi connectivity index (χ0v) is 13.5. The minimum absolute atomic E-state index is 0.333. The van der Waals surface area contributed by atoms with E-state index in [1.165, 1.54) is 11.3 Å². The Labute approximate surface area is 145 Å². The molecular formula is C16H11BF4N3S-. The highest BCUT2D eigenvalue weighted by molar-refractivity contribution is 7.14. The van der Waals surface area contributed by atoms with E-state index < -0.39 is 18.3 Å². The van der Waals surface area contributed by atoms with Gasteiger partial charge in [-0.15, -0.1) is 11.3 Å². The van der Waals surface area contributed by atoms with Gasteiger partial charge in [-0.2, -0.15) is 5.10 Å². The minimum Gasteiger partial charge on any atom is -0.445 e. The Bertz CT molecular complexity index is 894. The molecule has 3 aromatic rings. The third kappa shape index (κ3) is 4.24. The third-order valence-electron chi connectivity index (χ3n) is 3.34. The summed E-state index contributed by atoms with van der Waals surface area (Å²) in [4.78, 5) is 4.30. The predicted molar refractivity (Wildman–Crippen MR) is 93.9 cm³/mol. The summed E-state index contributed by atoms with van der Waals surface area (Å²) >= 11 is 1.26. The lowest BCUT2D eigenvalue weighted by atomic mass is 9.77. The number of hydrogen-bond acceptors (Lipinski definition) is 4. The third-order valence-corrected chi connectivity index (χ3v) is 4.09. The monoisotopic (exact) mass is 364 g/mol. The van der Waals surface area contributed by atoms with Crippen molar-refractivity contribution in [1.29, 1.82) is 0 Å². The maximum absolute atomic E-state index is 13.2. The molecule has 1 heterocycles. The number of hydrazone groups is 1. The fourth-order valence-corrected chi connectivity index (χ4v) is 2.85. The molecule has 0 aliphatic rings. The first-order valence-corrected chi connectivity index (χ1v) is 8.11. The highest BCUT2D eigenvalue weighted by Gasteiger charge is 2.28. The molecule has 0 fully saturated rings. The van der Waals surface area contributed by atoms with Gasteiger partial charge in [-0.3, -0.25) is 5.43 Å². The maximum atomic E-state index is 13.2. The second-order valence-electron chi connectivity index (χ2n) is 5.12. The smallest absolute Gasteiger partial charge is 0.445 e. The summed E-state index contributed by atoms with van der Waals surface area (Å²) < 4.78 is 52.1. The van der Waals surface area contributed by atoms with Crippen molar-refractivity contribution in [2.75, 3.05) is 5.43 Å². The van der Waals surface area contributed by atoms with Gasteiger partial charge in [0, 0.05) is 10.9 Å². The molecule has 0 aliphatic carbocycles. The van der Waals surface area contributed by atoms with Crippen molar-refractivity contribution >= 4 is 35.1 Å². The molecule has 0 atom stereocenters. The average molecular weight is 364 g/mol. The topological polar surface area (TPSA) is 37.3 Å². The summed E-state index contributed by atoms with van der Waals surface area (Å²) in [5.74, 6) is -0.758. The van der Waals surface area contributed by atoms with Crippen LogP contribution < -0.4 is 10.9 Å². The molecule has 9 heteroatoms. The van der Waals surface area contributed by atoms with Crippen molar-refractivity contribution in [2.24, 2.45) is 5.10 Å². The Kier molecular flexibility index (Phi) is 4.85. The molecule has 1 N–H and O–H groups in total. The van der Waals surface area contributed by atoms with E-state index in [2.05, 4.69) is 15.5 Å². The second kappa shape index (κ2) is 7.06. The van der Waals surface area contributed by atoms with Gasteiger partial charge in [-0.1, -0.05) is 41.9 Å². The molecule has 0 saturated heterocycles. The van der Waals surface area contributed by atoms with E-state index in [0.717, 1.165) is 29.6 Å². The van der Waals surface area contributed by atoms with Gasteiger partial charge in [0.05, 0.1) is 11.9 Å². The van der Waals surface area contributed by atoms with E-state index in [0.29, 0.717) is 11.2 Å². The quantitative estimate of drug-likeness (QED) is 0.314. The summed E-state index contributed by atoms with van der Waals surface area (Å²) in [5.41, 5.74) is 3.00. The van der Waals surface area contributed by atoms with E-state index in [9.17, 15) is 17.3 Å². The van der Waals surface area contributed by atoms with Crippen LogP contribution in [0.1, 0.15) is 5.56 Å². The van der Waals surface area contributed by atoms with Crippen molar-refractivity contribution in [3.8, 4) is 11.3 Å². The van der Waals surface area contributed by atoms with Gasteiger partial charge in [-0.25, -0.2) is 9.37 Å². The molecule has 0 unspecified atom stereocenters. The minimum atomic E-state index is -5.25. The molecule has 3 nitrogen and oxygen atoms in total.